The second-order valence-electron chi connectivity index (χ2n) is 6.14. The predicted octanol–water partition coefficient (Wildman–Crippen LogP) is 5.97. The van der Waals surface area contributed by atoms with Gasteiger partial charge < -0.3 is 5.32 Å². The van der Waals surface area contributed by atoms with Crippen molar-refractivity contribution in [2.45, 2.75) is 16.6 Å². The summed E-state index contributed by atoms with van der Waals surface area (Å²) in [7, 11) is 1.22. The Labute approximate surface area is 170 Å². The van der Waals surface area contributed by atoms with Crippen LogP contribution >= 0.6 is 11.8 Å². The second kappa shape index (κ2) is 8.05. The summed E-state index contributed by atoms with van der Waals surface area (Å²) in [5.41, 5.74) is -5.83. The molecule has 1 N–H and O–H groups in total. The number of thioether (sulfide) groups is 1. The van der Waals surface area contributed by atoms with Gasteiger partial charge in [0.25, 0.3) is 5.91 Å². The van der Waals surface area contributed by atoms with E-state index in [4.69, 9.17) is 0 Å². The number of carbonyl (C=O) groups is 1. The summed E-state index contributed by atoms with van der Waals surface area (Å²) in [5.74, 6) is -1.14. The van der Waals surface area contributed by atoms with E-state index in [1.807, 2.05) is 0 Å². The summed E-state index contributed by atoms with van der Waals surface area (Å²) < 4.78 is 78.6. The highest BCUT2D eigenvalue weighted by atomic mass is 32.2. The molecule has 0 aliphatic rings. The van der Waals surface area contributed by atoms with Crippen LogP contribution < -0.4 is 5.32 Å². The first-order valence-corrected chi connectivity index (χ1v) is 9.13. The topological polar surface area (TPSA) is 46.9 Å². The maximum absolute atomic E-state index is 13.2. The molecule has 0 radical (unpaired) electrons. The lowest BCUT2D eigenvalue weighted by Gasteiger charge is -2.14. The third-order valence-corrected chi connectivity index (χ3v) is 4.62. The molecule has 1 aromatic heterocycles. The molecule has 2 aromatic carbocycles. The van der Waals surface area contributed by atoms with E-state index in [9.17, 15) is 31.1 Å². The number of anilines is 1. The van der Waals surface area contributed by atoms with E-state index in [2.05, 4.69) is 10.4 Å². The zero-order valence-electron chi connectivity index (χ0n) is 15.2. The first kappa shape index (κ1) is 21.8. The molecule has 1 heterocycles. The Morgan fingerprint density at radius 2 is 1.70 bits per heavy atom. The largest absolute Gasteiger partial charge is 0.446 e. The number of aryl methyl sites for hydroxylation is 1. The summed E-state index contributed by atoms with van der Waals surface area (Å²) in [6, 6.07) is 12.1. The standard InChI is InChI=1S/C19H13F6N3OS/c1-28-10-14(16(27-28)18(20,21)22)17(29)26-15-9-12(30-19(23,24)25)7-8-13(15)11-5-3-2-4-6-11/h2-10H,1H3,(H,26,29). The van der Waals surface area contributed by atoms with Crippen LogP contribution in [0.5, 0.6) is 0 Å². The molecule has 0 atom stereocenters. The molecule has 0 aliphatic carbocycles. The van der Waals surface area contributed by atoms with Gasteiger partial charge in [-0.2, -0.15) is 31.4 Å². The van der Waals surface area contributed by atoms with Gasteiger partial charge in [0.05, 0.1) is 5.56 Å². The van der Waals surface area contributed by atoms with Crippen molar-refractivity contribution in [1.82, 2.24) is 9.78 Å². The number of hydrogen-bond donors (Lipinski definition) is 1. The number of carbonyl (C=O) groups excluding carboxylic acids is 1. The molecule has 0 saturated carbocycles. The molecular weight excluding hydrogens is 432 g/mol. The minimum absolute atomic E-state index is 0.0579. The van der Waals surface area contributed by atoms with Crippen LogP contribution in [0.3, 0.4) is 0 Å². The lowest BCUT2D eigenvalue weighted by Crippen LogP contribution is -2.18. The van der Waals surface area contributed by atoms with Crippen LogP contribution in [0.15, 0.2) is 59.6 Å². The van der Waals surface area contributed by atoms with E-state index >= 15 is 0 Å². The summed E-state index contributed by atoms with van der Waals surface area (Å²) in [6.45, 7) is 0. The Balaban J connectivity index is 2.03. The van der Waals surface area contributed by atoms with Crippen LogP contribution in [0.1, 0.15) is 16.1 Å². The van der Waals surface area contributed by atoms with Crippen molar-refractivity contribution in [3.63, 3.8) is 0 Å². The number of halogens is 6. The predicted molar refractivity (Wildman–Crippen MR) is 100.0 cm³/mol. The van der Waals surface area contributed by atoms with Crippen LogP contribution in [0, 0.1) is 0 Å². The smallest absolute Gasteiger partial charge is 0.321 e. The molecule has 158 valence electrons. The van der Waals surface area contributed by atoms with Crippen molar-refractivity contribution >= 4 is 23.4 Å². The number of benzene rings is 2. The van der Waals surface area contributed by atoms with Gasteiger partial charge in [0.2, 0.25) is 0 Å². The fourth-order valence-electron chi connectivity index (χ4n) is 2.75. The van der Waals surface area contributed by atoms with Gasteiger partial charge >= 0.3 is 11.7 Å². The summed E-state index contributed by atoms with van der Waals surface area (Å²) in [5, 5.41) is 5.57. The number of alkyl halides is 6. The first-order chi connectivity index (χ1) is 13.9. The van der Waals surface area contributed by atoms with Crippen LogP contribution in [-0.4, -0.2) is 21.2 Å². The number of aromatic nitrogens is 2. The Kier molecular flexibility index (Phi) is 5.84. The molecule has 0 aliphatic heterocycles. The molecule has 3 aromatic rings. The van der Waals surface area contributed by atoms with E-state index in [0.717, 1.165) is 16.9 Å². The average Bonchev–Trinajstić information content (AvgIpc) is 3.04. The minimum atomic E-state index is -4.87. The molecule has 0 saturated heterocycles. The highest BCUT2D eigenvalue weighted by Crippen LogP contribution is 2.40. The number of hydrogen-bond acceptors (Lipinski definition) is 3. The van der Waals surface area contributed by atoms with Crippen molar-refractivity contribution in [1.29, 1.82) is 0 Å². The van der Waals surface area contributed by atoms with Gasteiger partial charge in [-0.1, -0.05) is 36.4 Å². The van der Waals surface area contributed by atoms with E-state index in [1.54, 1.807) is 30.3 Å². The average molecular weight is 445 g/mol. The highest BCUT2D eigenvalue weighted by Gasteiger charge is 2.39. The number of amides is 1. The molecular formula is C19H13F6N3OS. The molecule has 4 nitrogen and oxygen atoms in total. The van der Waals surface area contributed by atoms with Gasteiger partial charge in [-0.3, -0.25) is 9.48 Å². The number of rotatable bonds is 4. The van der Waals surface area contributed by atoms with E-state index < -0.39 is 40.6 Å². The van der Waals surface area contributed by atoms with Gasteiger partial charge in [0, 0.05) is 29.4 Å². The van der Waals surface area contributed by atoms with Crippen LogP contribution in [-0.2, 0) is 13.2 Å². The van der Waals surface area contributed by atoms with Gasteiger partial charge in [-0.15, -0.1) is 0 Å². The lowest BCUT2D eigenvalue weighted by atomic mass is 10.0. The lowest BCUT2D eigenvalue weighted by molar-refractivity contribution is -0.141. The second-order valence-corrected chi connectivity index (χ2v) is 7.28. The first-order valence-electron chi connectivity index (χ1n) is 8.31. The van der Waals surface area contributed by atoms with E-state index in [-0.39, 0.29) is 10.6 Å². The molecule has 0 unspecified atom stereocenters. The third-order valence-electron chi connectivity index (χ3n) is 3.90. The number of nitrogens with zero attached hydrogens (tertiary/aromatic N) is 2. The molecule has 30 heavy (non-hydrogen) atoms. The van der Waals surface area contributed by atoms with Crippen molar-refractivity contribution in [3.05, 3.63) is 66.0 Å². The zero-order chi connectivity index (χ0) is 22.1. The van der Waals surface area contributed by atoms with Crippen molar-refractivity contribution in [2.24, 2.45) is 7.05 Å². The van der Waals surface area contributed by atoms with E-state index in [0.29, 0.717) is 11.1 Å². The fourth-order valence-corrected chi connectivity index (χ4v) is 3.33. The maximum atomic E-state index is 13.2. The molecule has 1 amide bonds. The molecule has 11 heteroatoms. The quantitative estimate of drug-likeness (QED) is 0.398. The van der Waals surface area contributed by atoms with E-state index in [1.165, 1.54) is 19.2 Å². The Hall–Kier alpha value is -2.95. The summed E-state index contributed by atoms with van der Waals surface area (Å²) >= 11 is -0.395. The van der Waals surface area contributed by atoms with Gasteiger partial charge in [0.1, 0.15) is 0 Å². The van der Waals surface area contributed by atoms with Crippen molar-refractivity contribution in [2.75, 3.05) is 5.32 Å². The van der Waals surface area contributed by atoms with Gasteiger partial charge in [-0.25, -0.2) is 0 Å². The fraction of sp³-hybridized carbons (Fsp3) is 0.158. The van der Waals surface area contributed by atoms with Gasteiger partial charge in [0.15, 0.2) is 5.69 Å². The molecule has 0 bridgehead atoms. The zero-order valence-corrected chi connectivity index (χ0v) is 16.0. The molecule has 0 fully saturated rings. The third kappa shape index (κ3) is 5.15. The minimum Gasteiger partial charge on any atom is -0.321 e. The van der Waals surface area contributed by atoms with Crippen LogP contribution in [0.25, 0.3) is 11.1 Å². The van der Waals surface area contributed by atoms with Gasteiger partial charge in [-0.05, 0) is 29.5 Å². The molecule has 3 rings (SSSR count). The Morgan fingerprint density at radius 1 is 1.03 bits per heavy atom. The van der Waals surface area contributed by atoms with Crippen molar-refractivity contribution < 1.29 is 31.1 Å². The summed E-state index contributed by atoms with van der Waals surface area (Å²) in [4.78, 5) is 12.4. The Bertz CT molecular complexity index is 1060. The Morgan fingerprint density at radius 3 is 2.30 bits per heavy atom. The number of nitrogens with one attached hydrogen (secondary N) is 1. The SMILES string of the molecule is Cn1cc(C(=O)Nc2cc(SC(F)(F)F)ccc2-c2ccccc2)c(C(F)(F)F)n1. The summed E-state index contributed by atoms with van der Waals surface area (Å²) in [6.07, 6.45) is -3.97. The monoisotopic (exact) mass is 445 g/mol. The maximum Gasteiger partial charge on any atom is 0.446 e. The van der Waals surface area contributed by atoms with Crippen LogP contribution in [0.4, 0.5) is 32.0 Å². The van der Waals surface area contributed by atoms with Crippen molar-refractivity contribution in [3.8, 4) is 11.1 Å². The molecule has 0 spiro atoms. The normalized spacial score (nSPS) is 12.1. The highest BCUT2D eigenvalue weighted by molar-refractivity contribution is 8.00. The van der Waals surface area contributed by atoms with Crippen LogP contribution in [0.2, 0.25) is 0 Å².